The van der Waals surface area contributed by atoms with Crippen LogP contribution in [-0.4, -0.2) is 40.1 Å². The molecule has 0 unspecified atom stereocenters. The van der Waals surface area contributed by atoms with Crippen molar-refractivity contribution in [3.05, 3.63) is 60.2 Å². The van der Waals surface area contributed by atoms with Crippen molar-refractivity contribution >= 4 is 32.3 Å². The molecule has 4 aromatic carbocycles. The molecule has 4 nitrogen and oxygen atoms in total. The minimum absolute atomic E-state index is 0.506. The summed E-state index contributed by atoms with van der Waals surface area (Å²) in [6.07, 6.45) is 3.46. The summed E-state index contributed by atoms with van der Waals surface area (Å²) in [6, 6.07) is 19.4. The van der Waals surface area contributed by atoms with Gasteiger partial charge < -0.3 is 18.9 Å². The fourth-order valence-electron chi connectivity index (χ4n) is 4.38. The van der Waals surface area contributed by atoms with Crippen molar-refractivity contribution in [2.45, 2.75) is 33.1 Å². The minimum Gasteiger partial charge on any atom is -0.494 e. The minimum atomic E-state index is 0.506. The predicted octanol–water partition coefficient (Wildman–Crippen LogP) is 7.07. The Morgan fingerprint density at radius 3 is 2.06 bits per heavy atom. The summed E-state index contributed by atoms with van der Waals surface area (Å²) in [7, 11) is 1.67. The number of benzene rings is 4. The number of hydrogen-bond acceptors (Lipinski definition) is 4. The van der Waals surface area contributed by atoms with E-state index in [2.05, 4.69) is 68.4 Å². The molecule has 0 saturated carbocycles. The predicted molar refractivity (Wildman–Crippen MR) is 137 cm³/mol. The highest BCUT2D eigenvalue weighted by Crippen LogP contribution is 2.39. The summed E-state index contributed by atoms with van der Waals surface area (Å²) in [6.45, 7) is 7.36. The van der Waals surface area contributed by atoms with Crippen LogP contribution in [0, 0.1) is 6.92 Å². The van der Waals surface area contributed by atoms with Crippen molar-refractivity contribution in [3.63, 3.8) is 0 Å². The number of fused-ring (bicyclic) bond motifs is 6. The summed E-state index contributed by atoms with van der Waals surface area (Å²) in [4.78, 5) is 0. The molecule has 0 amide bonds. The normalized spacial score (nSPS) is 11.5. The Morgan fingerprint density at radius 2 is 1.30 bits per heavy atom. The Bertz CT molecular complexity index is 1210. The molecule has 0 aliphatic rings. The van der Waals surface area contributed by atoms with Crippen molar-refractivity contribution < 1.29 is 18.9 Å². The van der Waals surface area contributed by atoms with Crippen LogP contribution < -0.4 is 9.47 Å². The van der Waals surface area contributed by atoms with Crippen LogP contribution >= 0.6 is 0 Å². The van der Waals surface area contributed by atoms with Crippen molar-refractivity contribution in [1.29, 1.82) is 0 Å². The Balaban J connectivity index is 1.71. The molecule has 0 N–H and O–H groups in total. The zero-order chi connectivity index (χ0) is 23.0. The van der Waals surface area contributed by atoms with E-state index in [-0.39, 0.29) is 0 Å². The summed E-state index contributed by atoms with van der Waals surface area (Å²) >= 11 is 0. The number of methoxy groups -OCH3 is 1. The van der Waals surface area contributed by atoms with E-state index in [4.69, 9.17) is 18.9 Å². The van der Waals surface area contributed by atoms with Crippen LogP contribution in [0.4, 0.5) is 0 Å². The molecule has 0 saturated heterocycles. The van der Waals surface area contributed by atoms with Crippen LogP contribution in [0.25, 0.3) is 32.3 Å². The molecular weight excluding hydrogens is 412 g/mol. The van der Waals surface area contributed by atoms with Gasteiger partial charge in [0.25, 0.3) is 0 Å². The van der Waals surface area contributed by atoms with Crippen LogP contribution in [0.1, 0.15) is 31.7 Å². The topological polar surface area (TPSA) is 36.9 Å². The maximum Gasteiger partial charge on any atom is 0.120 e. The molecule has 0 aliphatic carbocycles. The van der Waals surface area contributed by atoms with Gasteiger partial charge in [0.2, 0.25) is 0 Å². The average Bonchev–Trinajstić information content (AvgIpc) is 2.84. The Kier molecular flexibility index (Phi) is 8.03. The summed E-state index contributed by atoms with van der Waals surface area (Å²) in [5, 5.41) is 7.42. The van der Waals surface area contributed by atoms with Gasteiger partial charge in [0.05, 0.1) is 26.4 Å². The first kappa shape index (κ1) is 23.3. The lowest BCUT2D eigenvalue weighted by Crippen LogP contribution is -2.09. The SMILES string of the molecule is CCCCCOc1ccc2c(c1)c1cc(OCCOCCOC)ccc1c1cccc(C)c12. The van der Waals surface area contributed by atoms with E-state index < -0.39 is 0 Å². The van der Waals surface area contributed by atoms with Gasteiger partial charge in [0, 0.05) is 7.11 Å². The second-order valence-corrected chi connectivity index (χ2v) is 8.42. The number of aryl methyl sites for hydroxylation is 1. The smallest absolute Gasteiger partial charge is 0.120 e. The molecule has 0 bridgehead atoms. The first-order chi connectivity index (χ1) is 16.2. The molecule has 4 rings (SSSR count). The van der Waals surface area contributed by atoms with Crippen molar-refractivity contribution in [2.75, 3.05) is 40.1 Å². The van der Waals surface area contributed by atoms with Gasteiger partial charge in [-0.3, -0.25) is 0 Å². The fourth-order valence-corrected chi connectivity index (χ4v) is 4.38. The van der Waals surface area contributed by atoms with Crippen molar-refractivity contribution in [1.82, 2.24) is 0 Å². The van der Waals surface area contributed by atoms with Crippen LogP contribution in [0.15, 0.2) is 54.6 Å². The van der Waals surface area contributed by atoms with Crippen LogP contribution in [0.5, 0.6) is 11.5 Å². The average molecular weight is 447 g/mol. The Morgan fingerprint density at radius 1 is 0.636 bits per heavy atom. The maximum atomic E-state index is 6.09. The van der Waals surface area contributed by atoms with Crippen LogP contribution in [0.3, 0.4) is 0 Å². The summed E-state index contributed by atoms with van der Waals surface area (Å²) in [5.41, 5.74) is 1.28. The third-order valence-corrected chi connectivity index (χ3v) is 6.05. The molecule has 4 heteroatoms. The second kappa shape index (κ2) is 11.4. The van der Waals surface area contributed by atoms with Crippen LogP contribution in [0.2, 0.25) is 0 Å². The quantitative estimate of drug-likeness (QED) is 0.172. The standard InChI is InChI=1S/C29H34O4/c1-4-5-6-14-32-22-11-13-26-28(20-22)27-19-23(33-18-17-31-16-15-30-3)10-12-24(27)25-9-7-8-21(2)29(25)26/h7-13,19-20H,4-6,14-18H2,1-3H3. The third-order valence-electron chi connectivity index (χ3n) is 6.05. The first-order valence-corrected chi connectivity index (χ1v) is 11.9. The van der Waals surface area contributed by atoms with Gasteiger partial charge in [-0.05, 0) is 75.5 Å². The Hall–Kier alpha value is -2.82. The molecule has 4 aromatic rings. The molecule has 0 spiro atoms. The number of hydrogen-bond donors (Lipinski definition) is 0. The lowest BCUT2D eigenvalue weighted by Gasteiger charge is -2.15. The second-order valence-electron chi connectivity index (χ2n) is 8.42. The van der Waals surface area contributed by atoms with E-state index in [1.54, 1.807) is 7.11 Å². The van der Waals surface area contributed by atoms with Gasteiger partial charge in [-0.2, -0.15) is 0 Å². The molecule has 0 atom stereocenters. The molecular formula is C29H34O4. The molecule has 0 aromatic heterocycles. The maximum absolute atomic E-state index is 6.09. The van der Waals surface area contributed by atoms with Crippen molar-refractivity contribution in [2.24, 2.45) is 0 Å². The highest BCUT2D eigenvalue weighted by Gasteiger charge is 2.12. The molecule has 0 radical (unpaired) electrons. The first-order valence-electron chi connectivity index (χ1n) is 11.9. The van der Waals surface area contributed by atoms with E-state index in [0.29, 0.717) is 26.4 Å². The molecule has 174 valence electrons. The Labute approximate surface area is 196 Å². The van der Waals surface area contributed by atoms with E-state index in [1.165, 1.54) is 50.7 Å². The van der Waals surface area contributed by atoms with Crippen molar-refractivity contribution in [3.8, 4) is 11.5 Å². The fraction of sp³-hybridized carbons (Fsp3) is 0.379. The zero-order valence-electron chi connectivity index (χ0n) is 20.0. The monoisotopic (exact) mass is 446 g/mol. The van der Waals surface area contributed by atoms with Gasteiger partial charge in [0.15, 0.2) is 0 Å². The van der Waals surface area contributed by atoms with E-state index >= 15 is 0 Å². The molecule has 33 heavy (non-hydrogen) atoms. The van der Waals surface area contributed by atoms with Gasteiger partial charge in [-0.15, -0.1) is 0 Å². The summed E-state index contributed by atoms with van der Waals surface area (Å²) < 4.78 is 22.6. The van der Waals surface area contributed by atoms with E-state index in [9.17, 15) is 0 Å². The summed E-state index contributed by atoms with van der Waals surface area (Å²) in [5.74, 6) is 1.77. The zero-order valence-corrected chi connectivity index (χ0v) is 20.0. The van der Waals surface area contributed by atoms with Gasteiger partial charge >= 0.3 is 0 Å². The highest BCUT2D eigenvalue weighted by molar-refractivity contribution is 6.26. The number of unbranched alkanes of at least 4 members (excludes halogenated alkanes) is 2. The number of ether oxygens (including phenoxy) is 4. The highest BCUT2D eigenvalue weighted by atomic mass is 16.5. The van der Waals surface area contributed by atoms with Crippen LogP contribution in [-0.2, 0) is 9.47 Å². The number of rotatable bonds is 12. The third kappa shape index (κ3) is 5.40. The van der Waals surface area contributed by atoms with Gasteiger partial charge in [0.1, 0.15) is 18.1 Å². The largest absolute Gasteiger partial charge is 0.494 e. The lowest BCUT2D eigenvalue weighted by atomic mass is 9.92. The lowest BCUT2D eigenvalue weighted by molar-refractivity contribution is 0.0544. The molecule has 0 aliphatic heterocycles. The van der Waals surface area contributed by atoms with Gasteiger partial charge in [-0.1, -0.05) is 50.1 Å². The van der Waals surface area contributed by atoms with Gasteiger partial charge in [-0.25, -0.2) is 0 Å². The van der Waals surface area contributed by atoms with E-state index in [0.717, 1.165) is 24.5 Å². The molecule has 0 heterocycles. The molecule has 0 fully saturated rings. The van der Waals surface area contributed by atoms with E-state index in [1.807, 2.05) is 0 Å².